The summed E-state index contributed by atoms with van der Waals surface area (Å²) in [5, 5.41) is 0. The molecule has 1 fully saturated rings. The molecule has 0 spiro atoms. The molecule has 0 saturated carbocycles. The van der Waals surface area contributed by atoms with Crippen LogP contribution in [-0.4, -0.2) is 32.9 Å². The summed E-state index contributed by atoms with van der Waals surface area (Å²) in [4.78, 5) is 14.8. The van der Waals surface area contributed by atoms with Crippen LogP contribution in [0.5, 0.6) is 0 Å². The summed E-state index contributed by atoms with van der Waals surface area (Å²) in [6.07, 6.45) is 7.50. The number of piperidine rings is 1. The minimum absolute atomic E-state index is 0.810. The van der Waals surface area contributed by atoms with E-state index in [1.807, 2.05) is 24.4 Å². The molecule has 4 rings (SSSR count). The van der Waals surface area contributed by atoms with Gasteiger partial charge in [-0.2, -0.15) is 0 Å². The Balaban J connectivity index is 1.30. The molecule has 1 saturated heterocycles. The summed E-state index contributed by atoms with van der Waals surface area (Å²) in [6, 6.07) is 16.8. The molecule has 0 radical (unpaired) electrons. The van der Waals surface area contributed by atoms with Crippen molar-refractivity contribution in [2.24, 2.45) is 5.92 Å². The number of imidazole rings is 1. The molecule has 3 heterocycles. The maximum atomic E-state index is 4.48. The largest absolute Gasteiger partial charge is 0.339 e. The number of pyridine rings is 1. The molecule has 1 aliphatic rings. The van der Waals surface area contributed by atoms with Crippen molar-refractivity contribution in [1.29, 1.82) is 0 Å². The summed E-state index contributed by atoms with van der Waals surface area (Å²) in [5.41, 5.74) is 3.53. The molecule has 0 atom stereocenters. The Morgan fingerprint density at radius 1 is 0.960 bits per heavy atom. The van der Waals surface area contributed by atoms with Gasteiger partial charge in [-0.05, 0) is 56.0 Å². The van der Waals surface area contributed by atoms with Gasteiger partial charge in [0.2, 0.25) is 0 Å². The zero-order valence-corrected chi connectivity index (χ0v) is 14.4. The topological polar surface area (TPSA) is 44.8 Å². The van der Waals surface area contributed by atoms with Crippen LogP contribution in [0.2, 0.25) is 0 Å². The number of hydrogen-bond acceptors (Lipinski definition) is 3. The Bertz CT molecular complexity index is 774. The van der Waals surface area contributed by atoms with Crippen LogP contribution in [-0.2, 0) is 13.0 Å². The molecule has 0 unspecified atom stereocenters. The summed E-state index contributed by atoms with van der Waals surface area (Å²) < 4.78 is 0. The summed E-state index contributed by atoms with van der Waals surface area (Å²) in [7, 11) is 0. The van der Waals surface area contributed by atoms with E-state index in [4.69, 9.17) is 0 Å². The van der Waals surface area contributed by atoms with Gasteiger partial charge >= 0.3 is 0 Å². The fourth-order valence-corrected chi connectivity index (χ4v) is 3.61. The van der Waals surface area contributed by atoms with Crippen LogP contribution in [0.3, 0.4) is 0 Å². The lowest BCUT2D eigenvalue weighted by molar-refractivity contribution is 0.175. The van der Waals surface area contributed by atoms with Crippen molar-refractivity contribution in [3.05, 3.63) is 72.2 Å². The second-order valence-electron chi connectivity index (χ2n) is 6.88. The van der Waals surface area contributed by atoms with Crippen LogP contribution in [0.1, 0.15) is 24.1 Å². The van der Waals surface area contributed by atoms with Crippen LogP contribution >= 0.6 is 0 Å². The van der Waals surface area contributed by atoms with E-state index in [0.717, 1.165) is 37.1 Å². The Morgan fingerprint density at radius 3 is 2.52 bits per heavy atom. The normalized spacial score (nSPS) is 16.2. The van der Waals surface area contributed by atoms with Gasteiger partial charge in [0.1, 0.15) is 5.69 Å². The molecule has 4 heteroatoms. The minimum atomic E-state index is 0.810. The van der Waals surface area contributed by atoms with E-state index in [2.05, 4.69) is 50.2 Å². The van der Waals surface area contributed by atoms with Crippen molar-refractivity contribution >= 4 is 0 Å². The molecule has 0 amide bonds. The van der Waals surface area contributed by atoms with Crippen molar-refractivity contribution < 1.29 is 0 Å². The Kier molecular flexibility index (Phi) is 4.89. The van der Waals surface area contributed by atoms with Gasteiger partial charge in [-0.1, -0.05) is 36.4 Å². The Hall–Kier alpha value is -2.46. The second-order valence-corrected chi connectivity index (χ2v) is 6.88. The van der Waals surface area contributed by atoms with Crippen LogP contribution < -0.4 is 0 Å². The number of H-pyrrole nitrogens is 1. The maximum Gasteiger partial charge on any atom is 0.156 e. The summed E-state index contributed by atoms with van der Waals surface area (Å²) >= 11 is 0. The van der Waals surface area contributed by atoms with Gasteiger partial charge < -0.3 is 4.98 Å². The van der Waals surface area contributed by atoms with E-state index in [1.54, 1.807) is 6.20 Å². The van der Waals surface area contributed by atoms with Crippen molar-refractivity contribution in [1.82, 2.24) is 19.9 Å². The third-order valence-electron chi connectivity index (χ3n) is 5.00. The average molecular weight is 332 g/mol. The summed E-state index contributed by atoms with van der Waals surface area (Å²) in [5.74, 6) is 1.67. The molecule has 1 N–H and O–H groups in total. The molecule has 0 bridgehead atoms. The van der Waals surface area contributed by atoms with Crippen molar-refractivity contribution in [2.75, 3.05) is 13.1 Å². The number of nitrogens with zero attached hydrogens (tertiary/aromatic N) is 3. The van der Waals surface area contributed by atoms with Gasteiger partial charge in [-0.25, -0.2) is 4.98 Å². The number of nitrogens with one attached hydrogen (secondary N) is 1. The van der Waals surface area contributed by atoms with Gasteiger partial charge in [0.05, 0.1) is 6.20 Å². The zero-order chi connectivity index (χ0) is 16.9. The molecule has 1 aliphatic heterocycles. The van der Waals surface area contributed by atoms with Gasteiger partial charge in [0, 0.05) is 18.4 Å². The smallest absolute Gasteiger partial charge is 0.156 e. The lowest BCUT2D eigenvalue weighted by Gasteiger charge is -2.31. The average Bonchev–Trinajstić information content (AvgIpc) is 3.14. The van der Waals surface area contributed by atoms with E-state index in [1.165, 1.54) is 30.5 Å². The molecule has 25 heavy (non-hydrogen) atoms. The SMILES string of the molecule is c1ccc(CC2CCN(Cc3cnc(-c4ccccn4)[nH]3)CC2)cc1. The van der Waals surface area contributed by atoms with Crippen LogP contribution in [0, 0.1) is 5.92 Å². The predicted octanol–water partition coefficient (Wildman–Crippen LogP) is 3.93. The molecule has 0 aliphatic carbocycles. The molecule has 3 aromatic rings. The lowest BCUT2D eigenvalue weighted by atomic mass is 9.90. The Morgan fingerprint density at radius 2 is 1.76 bits per heavy atom. The highest BCUT2D eigenvalue weighted by Crippen LogP contribution is 2.23. The van der Waals surface area contributed by atoms with E-state index in [-0.39, 0.29) is 0 Å². The maximum absolute atomic E-state index is 4.48. The fraction of sp³-hybridized carbons (Fsp3) is 0.333. The third-order valence-corrected chi connectivity index (χ3v) is 5.00. The number of hydrogen-bond donors (Lipinski definition) is 1. The van der Waals surface area contributed by atoms with Crippen molar-refractivity contribution in [2.45, 2.75) is 25.8 Å². The number of aromatic nitrogens is 3. The standard InChI is InChI=1S/C21H24N4/c1-2-6-17(7-3-1)14-18-9-12-25(13-10-18)16-19-15-23-21(24-19)20-8-4-5-11-22-20/h1-8,11,15,18H,9-10,12-14,16H2,(H,23,24). The predicted molar refractivity (Wildman–Crippen MR) is 100.0 cm³/mol. The lowest BCUT2D eigenvalue weighted by Crippen LogP contribution is -2.33. The molecule has 4 nitrogen and oxygen atoms in total. The van der Waals surface area contributed by atoms with E-state index >= 15 is 0 Å². The molecule has 2 aromatic heterocycles. The molecule has 1 aromatic carbocycles. The number of rotatable bonds is 5. The quantitative estimate of drug-likeness (QED) is 0.770. The minimum Gasteiger partial charge on any atom is -0.339 e. The first kappa shape index (κ1) is 16.0. The highest BCUT2D eigenvalue weighted by Gasteiger charge is 2.20. The van der Waals surface area contributed by atoms with Crippen molar-refractivity contribution in [3.8, 4) is 11.5 Å². The first-order valence-electron chi connectivity index (χ1n) is 9.08. The van der Waals surface area contributed by atoms with Crippen LogP contribution in [0.15, 0.2) is 60.9 Å². The fourth-order valence-electron chi connectivity index (χ4n) is 3.61. The van der Waals surface area contributed by atoms with Gasteiger partial charge in [-0.15, -0.1) is 0 Å². The van der Waals surface area contributed by atoms with Gasteiger partial charge in [0.25, 0.3) is 0 Å². The molecule has 128 valence electrons. The zero-order valence-electron chi connectivity index (χ0n) is 14.4. The monoisotopic (exact) mass is 332 g/mol. The number of likely N-dealkylation sites (tertiary alicyclic amines) is 1. The van der Waals surface area contributed by atoms with E-state index in [9.17, 15) is 0 Å². The Labute approximate surface area is 149 Å². The summed E-state index contributed by atoms with van der Waals surface area (Å²) in [6.45, 7) is 3.27. The van der Waals surface area contributed by atoms with Gasteiger partial charge in [-0.3, -0.25) is 9.88 Å². The highest BCUT2D eigenvalue weighted by molar-refractivity contribution is 5.48. The van der Waals surface area contributed by atoms with Crippen LogP contribution in [0.25, 0.3) is 11.5 Å². The van der Waals surface area contributed by atoms with E-state index < -0.39 is 0 Å². The van der Waals surface area contributed by atoms with Gasteiger partial charge in [0.15, 0.2) is 5.82 Å². The molecular formula is C21H24N4. The van der Waals surface area contributed by atoms with Crippen molar-refractivity contribution in [3.63, 3.8) is 0 Å². The first-order chi connectivity index (χ1) is 12.4. The highest BCUT2D eigenvalue weighted by atomic mass is 15.1. The second kappa shape index (κ2) is 7.62. The number of benzene rings is 1. The number of aromatic amines is 1. The van der Waals surface area contributed by atoms with E-state index in [0.29, 0.717) is 0 Å². The van der Waals surface area contributed by atoms with Crippen LogP contribution in [0.4, 0.5) is 0 Å². The third kappa shape index (κ3) is 4.15. The molecular weight excluding hydrogens is 308 g/mol. The first-order valence-corrected chi connectivity index (χ1v) is 9.08.